The van der Waals surface area contributed by atoms with Gasteiger partial charge in [0, 0.05) is 81.1 Å². The highest BCUT2D eigenvalue weighted by atomic mass is 35.5. The number of piperidine rings is 1. The first-order chi connectivity index (χ1) is 25.4. The van der Waals surface area contributed by atoms with Crippen LogP contribution in [-0.4, -0.2) is 80.8 Å². The Morgan fingerprint density at radius 1 is 0.962 bits per heavy atom. The van der Waals surface area contributed by atoms with Crippen molar-refractivity contribution in [3.63, 3.8) is 0 Å². The molecular formula is C39H47ClN6O6S. The van der Waals surface area contributed by atoms with E-state index in [4.69, 9.17) is 11.6 Å². The van der Waals surface area contributed by atoms with Crippen molar-refractivity contribution in [3.8, 4) is 0 Å². The minimum absolute atomic E-state index is 0.104. The molecule has 0 unspecified atom stereocenters. The van der Waals surface area contributed by atoms with Gasteiger partial charge in [-0.2, -0.15) is 0 Å². The molecule has 1 spiro atoms. The number of amides is 2. The van der Waals surface area contributed by atoms with Crippen LogP contribution in [-0.2, 0) is 21.2 Å². The van der Waals surface area contributed by atoms with Gasteiger partial charge in [-0.05, 0) is 110 Å². The van der Waals surface area contributed by atoms with E-state index in [0.717, 1.165) is 101 Å². The Kier molecular flexibility index (Phi) is 10.7. The van der Waals surface area contributed by atoms with Gasteiger partial charge in [0.1, 0.15) is 5.69 Å². The Morgan fingerprint density at radius 2 is 1.68 bits per heavy atom. The number of anilines is 2. The van der Waals surface area contributed by atoms with E-state index in [1.165, 1.54) is 29.7 Å². The van der Waals surface area contributed by atoms with E-state index in [9.17, 15) is 28.1 Å². The molecule has 2 saturated heterocycles. The molecule has 0 radical (unpaired) electrons. The third kappa shape index (κ3) is 8.02. The number of carbonyl (C=O) groups is 2. The summed E-state index contributed by atoms with van der Waals surface area (Å²) in [5, 5.41) is 16.0. The Hall–Kier alpha value is -4.20. The second-order valence-corrected chi connectivity index (χ2v) is 17.3. The lowest BCUT2D eigenvalue weighted by molar-refractivity contribution is -0.384. The highest BCUT2D eigenvalue weighted by molar-refractivity contribution is 7.90. The van der Waals surface area contributed by atoms with Gasteiger partial charge in [0.2, 0.25) is 5.91 Å². The average Bonchev–Trinajstić information content (AvgIpc) is 3.37. The molecule has 282 valence electrons. The number of benzene rings is 3. The van der Waals surface area contributed by atoms with E-state index < -0.39 is 20.9 Å². The maximum Gasteiger partial charge on any atom is 0.293 e. The number of fused-ring (bicyclic) bond motifs is 1. The van der Waals surface area contributed by atoms with E-state index in [0.29, 0.717) is 18.5 Å². The zero-order chi connectivity index (χ0) is 37.3. The van der Waals surface area contributed by atoms with Crippen LogP contribution in [0.5, 0.6) is 0 Å². The molecule has 3 aromatic rings. The first-order valence-corrected chi connectivity index (χ1v) is 20.5. The second-order valence-electron chi connectivity index (χ2n) is 15.2. The normalized spacial score (nSPS) is 20.6. The highest BCUT2D eigenvalue weighted by Gasteiger charge is 2.46. The number of piperazine rings is 1. The smallest absolute Gasteiger partial charge is 0.293 e. The molecule has 4 aliphatic rings. The molecule has 12 nitrogen and oxygen atoms in total. The van der Waals surface area contributed by atoms with Crippen molar-refractivity contribution in [1.82, 2.24) is 14.5 Å². The van der Waals surface area contributed by atoms with Crippen LogP contribution in [0.1, 0.15) is 79.4 Å². The summed E-state index contributed by atoms with van der Waals surface area (Å²) >= 11 is 6.58. The van der Waals surface area contributed by atoms with E-state index in [-0.39, 0.29) is 33.2 Å². The van der Waals surface area contributed by atoms with Crippen LogP contribution in [0, 0.1) is 21.4 Å². The molecule has 1 atom stereocenters. The molecule has 53 heavy (non-hydrogen) atoms. The third-order valence-corrected chi connectivity index (χ3v) is 13.6. The van der Waals surface area contributed by atoms with Crippen molar-refractivity contribution in [2.24, 2.45) is 11.3 Å². The molecule has 2 heterocycles. The van der Waals surface area contributed by atoms with Crippen molar-refractivity contribution in [3.05, 3.63) is 92.5 Å². The molecule has 2 aliphatic carbocycles. The number of rotatable bonds is 9. The van der Waals surface area contributed by atoms with Gasteiger partial charge in [-0.1, -0.05) is 30.2 Å². The van der Waals surface area contributed by atoms with E-state index in [1.54, 1.807) is 19.1 Å². The number of hydrogen-bond donors (Lipinski definition) is 2. The molecule has 3 fully saturated rings. The van der Waals surface area contributed by atoms with Gasteiger partial charge in [0.25, 0.3) is 21.6 Å². The minimum Gasteiger partial charge on any atom is -0.379 e. The fraction of sp³-hybridized carbons (Fsp3) is 0.487. The first-order valence-electron chi connectivity index (χ1n) is 18.6. The average molecular weight is 763 g/mol. The van der Waals surface area contributed by atoms with E-state index in [2.05, 4.69) is 25.9 Å². The molecule has 2 aliphatic heterocycles. The van der Waals surface area contributed by atoms with Gasteiger partial charge in [-0.3, -0.25) is 24.6 Å². The molecule has 3 aromatic carbocycles. The number of carbonyl (C=O) groups excluding carboxylic acids is 2. The fourth-order valence-corrected chi connectivity index (χ4v) is 10.2. The highest BCUT2D eigenvalue weighted by Crippen LogP contribution is 2.52. The van der Waals surface area contributed by atoms with Crippen molar-refractivity contribution in [2.75, 3.05) is 56.0 Å². The number of likely N-dealkylation sites (tertiary alicyclic amines) is 1. The predicted octanol–water partition coefficient (Wildman–Crippen LogP) is 6.41. The number of nitrogens with one attached hydrogen (secondary N) is 2. The van der Waals surface area contributed by atoms with Crippen LogP contribution in [0.15, 0.2) is 65.6 Å². The Bertz CT molecular complexity index is 1970. The fourth-order valence-electron chi connectivity index (χ4n) is 8.93. The number of sulfonamides is 1. The van der Waals surface area contributed by atoms with Crippen LogP contribution < -0.4 is 14.9 Å². The summed E-state index contributed by atoms with van der Waals surface area (Å²) < 4.78 is 28.5. The number of nitro groups is 1. The van der Waals surface area contributed by atoms with Crippen LogP contribution in [0.25, 0.3) is 0 Å². The SMILES string of the molecule is CC(=O)N1CCC2(CC1)CC(CNc1ccc(S(=O)(=O)NC(=O)c3ccc(N4CCN([C@@H]5CCCCc6c(Cl)cccc65)CC4)cc3)cc1[N+](=O)[O-])C2. The Morgan fingerprint density at radius 3 is 2.36 bits per heavy atom. The lowest BCUT2D eigenvalue weighted by Crippen LogP contribution is -2.49. The van der Waals surface area contributed by atoms with Crippen molar-refractivity contribution in [1.29, 1.82) is 0 Å². The van der Waals surface area contributed by atoms with Gasteiger partial charge in [-0.15, -0.1) is 0 Å². The molecule has 2 N–H and O–H groups in total. The van der Waals surface area contributed by atoms with Crippen LogP contribution in [0.4, 0.5) is 17.1 Å². The number of nitrogens with zero attached hydrogens (tertiary/aromatic N) is 4. The maximum atomic E-state index is 13.2. The van der Waals surface area contributed by atoms with Crippen LogP contribution in [0.2, 0.25) is 5.02 Å². The molecule has 1 saturated carbocycles. The van der Waals surface area contributed by atoms with E-state index >= 15 is 0 Å². The first kappa shape index (κ1) is 37.1. The largest absolute Gasteiger partial charge is 0.379 e. The van der Waals surface area contributed by atoms with Crippen molar-refractivity contribution in [2.45, 2.75) is 69.2 Å². The van der Waals surface area contributed by atoms with Crippen LogP contribution in [0.3, 0.4) is 0 Å². The molecular weight excluding hydrogens is 716 g/mol. The molecule has 0 bridgehead atoms. The lowest BCUT2D eigenvalue weighted by atomic mass is 9.57. The molecule has 2 amide bonds. The summed E-state index contributed by atoms with van der Waals surface area (Å²) in [7, 11) is -4.39. The van der Waals surface area contributed by atoms with Crippen molar-refractivity contribution >= 4 is 50.5 Å². The molecule has 7 rings (SSSR count). The topological polar surface area (TPSA) is 145 Å². The Labute approximate surface area is 316 Å². The molecule has 14 heteroatoms. The number of hydrogen-bond acceptors (Lipinski definition) is 9. The number of halogens is 1. The summed E-state index contributed by atoms with van der Waals surface area (Å²) in [4.78, 5) is 42.4. The Balaban J connectivity index is 0.926. The quantitative estimate of drug-likeness (QED) is 0.144. The van der Waals surface area contributed by atoms with Gasteiger partial charge < -0.3 is 15.1 Å². The monoisotopic (exact) mass is 762 g/mol. The molecule has 0 aromatic heterocycles. The van der Waals surface area contributed by atoms with E-state index in [1.807, 2.05) is 29.2 Å². The second kappa shape index (κ2) is 15.3. The predicted molar refractivity (Wildman–Crippen MR) is 205 cm³/mol. The summed E-state index contributed by atoms with van der Waals surface area (Å²) in [6.45, 7) is 7.07. The summed E-state index contributed by atoms with van der Waals surface area (Å²) in [6.07, 6.45) is 8.35. The zero-order valence-corrected chi connectivity index (χ0v) is 31.6. The van der Waals surface area contributed by atoms with Gasteiger partial charge in [0.05, 0.1) is 9.82 Å². The van der Waals surface area contributed by atoms with Crippen molar-refractivity contribution < 1.29 is 22.9 Å². The maximum absolute atomic E-state index is 13.2. The van der Waals surface area contributed by atoms with Gasteiger partial charge in [0.15, 0.2) is 0 Å². The van der Waals surface area contributed by atoms with Crippen LogP contribution >= 0.6 is 11.6 Å². The zero-order valence-electron chi connectivity index (χ0n) is 30.1. The summed E-state index contributed by atoms with van der Waals surface area (Å²) in [5.74, 6) is -0.376. The van der Waals surface area contributed by atoms with Gasteiger partial charge in [-0.25, -0.2) is 13.1 Å². The number of nitro benzene ring substituents is 1. The standard InChI is InChI=1S/C39H47ClN6O6S/c1-27(47)43-17-15-39(16-18-43)24-28(25-39)26-41-35-14-13-31(23-37(35)46(49)50)53(51,52)42-38(48)29-9-11-30(12-10-29)44-19-21-45(22-20-44)36-8-3-2-5-32-33(36)6-4-7-34(32)40/h4,6-7,9-14,23,28,36,41H,2-3,5,8,15-22,24-26H2,1H3,(H,42,48)/t36-/m1/s1. The van der Waals surface area contributed by atoms with Gasteiger partial charge >= 0.3 is 0 Å². The minimum atomic E-state index is -4.39. The lowest BCUT2D eigenvalue weighted by Gasteiger charge is -2.52. The summed E-state index contributed by atoms with van der Waals surface area (Å²) in [5.41, 5.74) is 3.82. The third-order valence-electron chi connectivity index (χ3n) is 11.9. The summed E-state index contributed by atoms with van der Waals surface area (Å²) in [6, 6.07) is 17.1.